The molecule has 0 aromatic heterocycles. The first-order valence-electron chi connectivity index (χ1n) is 15.3. The number of anilines is 1. The number of aryl methyl sites for hydroxylation is 1. The van der Waals surface area contributed by atoms with E-state index in [0.717, 1.165) is 28.3 Å². The maximum atomic E-state index is 14.3. The van der Waals surface area contributed by atoms with Crippen LogP contribution in [0.15, 0.2) is 114 Å². The lowest BCUT2D eigenvalue weighted by Gasteiger charge is -2.33. The Morgan fingerprint density at radius 2 is 1.40 bits per heavy atom. The third-order valence-electron chi connectivity index (χ3n) is 7.53. The zero-order valence-electron chi connectivity index (χ0n) is 26.1. The van der Waals surface area contributed by atoms with Crippen molar-refractivity contribution in [2.75, 3.05) is 17.4 Å². The SMILES string of the molecule is CCCCNC(=O)[C@H](CC)N(Cc1ccccc1C)C(=O)CN(c1ccc(Oc2ccccc2)cc1)S(=O)(=O)c1ccccc1. The van der Waals surface area contributed by atoms with Gasteiger partial charge in [-0.25, -0.2) is 8.42 Å². The Kier molecular flexibility index (Phi) is 11.8. The van der Waals surface area contributed by atoms with Gasteiger partial charge in [0.25, 0.3) is 10.0 Å². The molecular weight excluding hydrogens is 586 g/mol. The highest BCUT2D eigenvalue weighted by Crippen LogP contribution is 2.29. The highest BCUT2D eigenvalue weighted by molar-refractivity contribution is 7.92. The van der Waals surface area contributed by atoms with E-state index in [0.29, 0.717) is 30.2 Å². The molecule has 4 aromatic carbocycles. The van der Waals surface area contributed by atoms with Crippen molar-refractivity contribution < 1.29 is 22.7 Å². The van der Waals surface area contributed by atoms with E-state index in [1.54, 1.807) is 42.5 Å². The van der Waals surface area contributed by atoms with E-state index >= 15 is 0 Å². The van der Waals surface area contributed by atoms with Gasteiger partial charge in [0.05, 0.1) is 10.6 Å². The van der Waals surface area contributed by atoms with Crippen molar-refractivity contribution in [3.05, 3.63) is 120 Å². The van der Waals surface area contributed by atoms with Gasteiger partial charge >= 0.3 is 0 Å². The Bertz CT molecular complexity index is 1650. The normalized spacial score (nSPS) is 11.8. The summed E-state index contributed by atoms with van der Waals surface area (Å²) in [5.74, 6) is 0.417. The molecule has 45 heavy (non-hydrogen) atoms. The van der Waals surface area contributed by atoms with Crippen LogP contribution in [-0.2, 0) is 26.2 Å². The second-order valence-corrected chi connectivity index (χ2v) is 12.6. The number of rotatable bonds is 15. The molecule has 0 fully saturated rings. The Labute approximate surface area is 266 Å². The summed E-state index contributed by atoms with van der Waals surface area (Å²) in [4.78, 5) is 29.2. The van der Waals surface area contributed by atoms with Gasteiger partial charge in [-0.15, -0.1) is 0 Å². The summed E-state index contributed by atoms with van der Waals surface area (Å²) in [5.41, 5.74) is 2.15. The summed E-state index contributed by atoms with van der Waals surface area (Å²) in [7, 11) is -4.16. The number of nitrogens with one attached hydrogen (secondary N) is 1. The van der Waals surface area contributed by atoms with Crippen LogP contribution in [0.2, 0.25) is 0 Å². The van der Waals surface area contributed by atoms with Gasteiger partial charge in [0, 0.05) is 13.1 Å². The van der Waals surface area contributed by atoms with Gasteiger partial charge < -0.3 is 15.0 Å². The zero-order chi connectivity index (χ0) is 32.2. The number of sulfonamides is 1. The minimum absolute atomic E-state index is 0.0530. The molecule has 0 aliphatic carbocycles. The standard InChI is InChI=1S/C36H41N3O5S/c1-4-6-25-37-36(41)34(5-2)38(26-29-16-14-13-15-28(29)3)35(40)27-39(45(42,43)33-19-11-8-12-20-33)30-21-23-32(24-22-30)44-31-17-9-7-10-18-31/h7-24,34H,4-6,25-27H2,1-3H3,(H,37,41)/t34-/m0/s1. The quantitative estimate of drug-likeness (QED) is 0.148. The highest BCUT2D eigenvalue weighted by Gasteiger charge is 2.33. The van der Waals surface area contributed by atoms with Crippen LogP contribution in [0.3, 0.4) is 0 Å². The lowest BCUT2D eigenvalue weighted by Crippen LogP contribution is -2.52. The van der Waals surface area contributed by atoms with Crippen molar-refractivity contribution in [3.63, 3.8) is 0 Å². The average molecular weight is 628 g/mol. The lowest BCUT2D eigenvalue weighted by molar-refractivity contribution is -0.140. The Balaban J connectivity index is 1.70. The summed E-state index contributed by atoms with van der Waals surface area (Å²) in [5, 5.41) is 2.96. The van der Waals surface area contributed by atoms with Crippen molar-refractivity contribution in [2.24, 2.45) is 0 Å². The molecule has 4 aromatic rings. The molecule has 0 spiro atoms. The number of hydrogen-bond donors (Lipinski definition) is 1. The van der Waals surface area contributed by atoms with Gasteiger partial charge in [0.15, 0.2) is 0 Å². The van der Waals surface area contributed by atoms with Crippen molar-refractivity contribution in [2.45, 2.75) is 57.5 Å². The molecule has 0 unspecified atom stereocenters. The molecular formula is C36H41N3O5S. The molecule has 0 aliphatic heterocycles. The number of para-hydroxylation sites is 1. The Hall–Kier alpha value is -4.63. The van der Waals surface area contributed by atoms with Crippen LogP contribution in [0.25, 0.3) is 0 Å². The first-order chi connectivity index (χ1) is 21.7. The van der Waals surface area contributed by atoms with Crippen LogP contribution in [0, 0.1) is 6.92 Å². The van der Waals surface area contributed by atoms with E-state index in [1.807, 2.05) is 75.4 Å². The Morgan fingerprint density at radius 1 is 0.800 bits per heavy atom. The maximum Gasteiger partial charge on any atom is 0.264 e. The number of hydrogen-bond acceptors (Lipinski definition) is 5. The Morgan fingerprint density at radius 3 is 2.02 bits per heavy atom. The summed E-state index contributed by atoms with van der Waals surface area (Å²) >= 11 is 0. The first-order valence-corrected chi connectivity index (χ1v) is 16.7. The molecule has 236 valence electrons. The molecule has 2 amide bonds. The topological polar surface area (TPSA) is 96.0 Å². The predicted octanol–water partition coefficient (Wildman–Crippen LogP) is 6.71. The fraction of sp³-hybridized carbons (Fsp3) is 0.278. The monoisotopic (exact) mass is 627 g/mol. The summed E-state index contributed by atoms with van der Waals surface area (Å²) in [6.45, 7) is 6.01. The molecule has 0 bridgehead atoms. The summed E-state index contributed by atoms with van der Waals surface area (Å²) in [6, 6.07) is 30.7. The zero-order valence-corrected chi connectivity index (χ0v) is 26.9. The number of unbranched alkanes of at least 4 members (excludes halogenated alkanes) is 1. The largest absolute Gasteiger partial charge is 0.457 e. The predicted molar refractivity (Wildman–Crippen MR) is 178 cm³/mol. The van der Waals surface area contributed by atoms with Gasteiger partial charge in [-0.3, -0.25) is 13.9 Å². The third kappa shape index (κ3) is 8.73. The van der Waals surface area contributed by atoms with E-state index in [9.17, 15) is 18.0 Å². The van der Waals surface area contributed by atoms with E-state index in [-0.39, 0.29) is 17.3 Å². The maximum absolute atomic E-state index is 14.3. The van der Waals surface area contributed by atoms with Crippen molar-refractivity contribution >= 4 is 27.5 Å². The lowest BCUT2D eigenvalue weighted by atomic mass is 10.1. The molecule has 0 heterocycles. The fourth-order valence-corrected chi connectivity index (χ4v) is 6.39. The summed E-state index contributed by atoms with van der Waals surface area (Å²) < 4.78 is 35.1. The number of carbonyl (C=O) groups excluding carboxylic acids is 2. The van der Waals surface area contributed by atoms with Gasteiger partial charge in [0.2, 0.25) is 11.8 Å². The second kappa shape index (κ2) is 15.9. The van der Waals surface area contributed by atoms with Crippen LogP contribution in [0.5, 0.6) is 11.5 Å². The van der Waals surface area contributed by atoms with Crippen LogP contribution in [-0.4, -0.2) is 44.3 Å². The van der Waals surface area contributed by atoms with E-state index < -0.39 is 28.5 Å². The minimum atomic E-state index is -4.16. The number of ether oxygens (including phenoxy) is 1. The molecule has 1 N–H and O–H groups in total. The van der Waals surface area contributed by atoms with Crippen LogP contribution >= 0.6 is 0 Å². The van der Waals surface area contributed by atoms with Gasteiger partial charge in [-0.1, -0.05) is 80.9 Å². The number of nitrogens with zero attached hydrogens (tertiary/aromatic N) is 2. The highest BCUT2D eigenvalue weighted by atomic mass is 32.2. The third-order valence-corrected chi connectivity index (χ3v) is 9.32. The molecule has 0 aliphatic rings. The summed E-state index contributed by atoms with van der Waals surface area (Å²) in [6.07, 6.45) is 2.11. The fourth-order valence-electron chi connectivity index (χ4n) is 4.95. The van der Waals surface area contributed by atoms with Crippen LogP contribution in [0.1, 0.15) is 44.2 Å². The molecule has 9 heteroatoms. The number of carbonyl (C=O) groups is 2. The molecule has 0 radical (unpaired) electrons. The first kappa shape index (κ1) is 33.3. The van der Waals surface area contributed by atoms with E-state index in [4.69, 9.17) is 4.74 Å². The molecule has 0 saturated heterocycles. The van der Waals surface area contributed by atoms with Gasteiger partial charge in [-0.2, -0.15) is 0 Å². The van der Waals surface area contributed by atoms with Crippen molar-refractivity contribution in [1.82, 2.24) is 10.2 Å². The number of benzene rings is 4. The van der Waals surface area contributed by atoms with Gasteiger partial charge in [0.1, 0.15) is 24.1 Å². The van der Waals surface area contributed by atoms with E-state index in [2.05, 4.69) is 5.32 Å². The van der Waals surface area contributed by atoms with Crippen LogP contribution < -0.4 is 14.4 Å². The van der Waals surface area contributed by atoms with Crippen LogP contribution in [0.4, 0.5) is 5.69 Å². The average Bonchev–Trinajstić information content (AvgIpc) is 3.05. The van der Waals surface area contributed by atoms with E-state index in [1.165, 1.54) is 17.0 Å². The molecule has 1 atom stereocenters. The van der Waals surface area contributed by atoms with Crippen molar-refractivity contribution in [3.8, 4) is 11.5 Å². The van der Waals surface area contributed by atoms with Gasteiger partial charge in [-0.05, 0) is 79.4 Å². The minimum Gasteiger partial charge on any atom is -0.457 e. The second-order valence-electron chi connectivity index (χ2n) is 10.8. The molecule has 4 rings (SSSR count). The molecule has 8 nitrogen and oxygen atoms in total. The smallest absolute Gasteiger partial charge is 0.264 e. The van der Waals surface area contributed by atoms with Crippen molar-refractivity contribution in [1.29, 1.82) is 0 Å². The number of amides is 2. The molecule has 0 saturated carbocycles.